The topological polar surface area (TPSA) is 51.0 Å². The smallest absolute Gasteiger partial charge is 0.233 e. The van der Waals surface area contributed by atoms with E-state index >= 15 is 0 Å². The molecule has 1 aromatic rings. The van der Waals surface area contributed by atoms with E-state index in [4.69, 9.17) is 4.42 Å². The molecule has 4 nitrogen and oxygen atoms in total. The van der Waals surface area contributed by atoms with Crippen LogP contribution in [0.3, 0.4) is 0 Å². The van der Waals surface area contributed by atoms with Crippen LogP contribution >= 0.6 is 0 Å². The minimum absolute atomic E-state index is 0.143. The molecule has 0 aromatic carbocycles. The molecule has 1 atom stereocenters. The highest BCUT2D eigenvalue weighted by molar-refractivity contribution is 4.94. The normalized spacial score (nSPS) is 20.8. The number of hydrogen-bond donors (Lipinski definition) is 1. The molecular weight excluding hydrogens is 214 g/mol. The Morgan fingerprint density at radius 1 is 1.12 bits per heavy atom. The SMILES string of the molecule is CNC(C)c1nnc(C2CCCCCCC2)o1. The monoisotopic (exact) mass is 237 g/mol. The minimum atomic E-state index is 0.143. The Hall–Kier alpha value is -0.900. The van der Waals surface area contributed by atoms with Crippen molar-refractivity contribution < 1.29 is 4.42 Å². The first-order valence-electron chi connectivity index (χ1n) is 6.82. The van der Waals surface area contributed by atoms with Crippen LogP contribution in [0.4, 0.5) is 0 Å². The maximum atomic E-state index is 5.79. The van der Waals surface area contributed by atoms with Gasteiger partial charge in [-0.2, -0.15) is 0 Å². The van der Waals surface area contributed by atoms with E-state index < -0.39 is 0 Å². The predicted molar refractivity (Wildman–Crippen MR) is 66.8 cm³/mol. The van der Waals surface area contributed by atoms with Gasteiger partial charge in [-0.1, -0.05) is 32.1 Å². The summed E-state index contributed by atoms with van der Waals surface area (Å²) in [4.78, 5) is 0. The third-order valence-electron chi connectivity index (χ3n) is 3.71. The van der Waals surface area contributed by atoms with E-state index in [-0.39, 0.29) is 6.04 Å². The van der Waals surface area contributed by atoms with Crippen LogP contribution in [-0.4, -0.2) is 17.2 Å². The fraction of sp³-hybridized carbons (Fsp3) is 0.846. The van der Waals surface area contributed by atoms with Gasteiger partial charge in [0.05, 0.1) is 6.04 Å². The highest BCUT2D eigenvalue weighted by Gasteiger charge is 2.21. The van der Waals surface area contributed by atoms with Crippen molar-refractivity contribution >= 4 is 0 Å². The summed E-state index contributed by atoms with van der Waals surface area (Å²) in [7, 11) is 1.91. The Morgan fingerprint density at radius 2 is 1.76 bits per heavy atom. The first-order chi connectivity index (χ1) is 8.31. The molecule has 96 valence electrons. The Labute approximate surface area is 103 Å². The minimum Gasteiger partial charge on any atom is -0.423 e. The lowest BCUT2D eigenvalue weighted by Gasteiger charge is -2.15. The van der Waals surface area contributed by atoms with Crippen LogP contribution in [0.15, 0.2) is 4.42 Å². The highest BCUT2D eigenvalue weighted by Crippen LogP contribution is 2.30. The lowest BCUT2D eigenvalue weighted by molar-refractivity contribution is 0.348. The van der Waals surface area contributed by atoms with Gasteiger partial charge in [0.2, 0.25) is 11.8 Å². The van der Waals surface area contributed by atoms with Crippen molar-refractivity contribution in [2.45, 2.75) is 63.8 Å². The molecule has 1 fully saturated rings. The summed E-state index contributed by atoms with van der Waals surface area (Å²) in [5.74, 6) is 2.05. The fourth-order valence-electron chi connectivity index (χ4n) is 2.41. The summed E-state index contributed by atoms with van der Waals surface area (Å²) in [6, 6.07) is 0.143. The van der Waals surface area contributed by atoms with Gasteiger partial charge in [-0.15, -0.1) is 10.2 Å². The first kappa shape index (κ1) is 12.6. The van der Waals surface area contributed by atoms with Crippen LogP contribution in [0.1, 0.15) is 75.6 Å². The zero-order valence-corrected chi connectivity index (χ0v) is 10.9. The average molecular weight is 237 g/mol. The quantitative estimate of drug-likeness (QED) is 0.877. The van der Waals surface area contributed by atoms with E-state index in [1.54, 1.807) is 0 Å². The Morgan fingerprint density at radius 3 is 2.41 bits per heavy atom. The summed E-state index contributed by atoms with van der Waals surface area (Å²) >= 11 is 0. The van der Waals surface area contributed by atoms with Crippen molar-refractivity contribution in [1.29, 1.82) is 0 Å². The van der Waals surface area contributed by atoms with Gasteiger partial charge in [-0.05, 0) is 26.8 Å². The van der Waals surface area contributed by atoms with Gasteiger partial charge in [-0.3, -0.25) is 0 Å². The van der Waals surface area contributed by atoms with E-state index in [1.165, 1.54) is 44.9 Å². The van der Waals surface area contributed by atoms with Crippen molar-refractivity contribution in [3.63, 3.8) is 0 Å². The summed E-state index contributed by atoms with van der Waals surface area (Å²) in [5.41, 5.74) is 0. The second-order valence-corrected chi connectivity index (χ2v) is 5.03. The Bertz CT molecular complexity index is 329. The van der Waals surface area contributed by atoms with Crippen LogP contribution in [0, 0.1) is 0 Å². The average Bonchev–Trinajstić information content (AvgIpc) is 2.77. The third kappa shape index (κ3) is 3.28. The Balaban J connectivity index is 2.01. The highest BCUT2D eigenvalue weighted by atomic mass is 16.4. The summed E-state index contributed by atoms with van der Waals surface area (Å²) in [6.45, 7) is 2.04. The second kappa shape index (κ2) is 6.15. The molecule has 0 radical (unpaired) electrons. The van der Waals surface area contributed by atoms with Crippen molar-refractivity contribution in [3.8, 4) is 0 Å². The van der Waals surface area contributed by atoms with Crippen molar-refractivity contribution in [2.75, 3.05) is 7.05 Å². The van der Waals surface area contributed by atoms with E-state index in [1.807, 2.05) is 14.0 Å². The van der Waals surface area contributed by atoms with Gasteiger partial charge in [0.25, 0.3) is 0 Å². The van der Waals surface area contributed by atoms with Crippen molar-refractivity contribution in [2.24, 2.45) is 0 Å². The molecule has 17 heavy (non-hydrogen) atoms. The third-order valence-corrected chi connectivity index (χ3v) is 3.71. The largest absolute Gasteiger partial charge is 0.423 e. The lowest BCUT2D eigenvalue weighted by atomic mass is 9.91. The molecule has 1 unspecified atom stereocenters. The Kier molecular flexibility index (Phi) is 4.54. The van der Waals surface area contributed by atoms with Crippen LogP contribution in [0.2, 0.25) is 0 Å². The number of rotatable bonds is 3. The molecule has 1 aliphatic rings. The fourth-order valence-corrected chi connectivity index (χ4v) is 2.41. The second-order valence-electron chi connectivity index (χ2n) is 5.03. The summed E-state index contributed by atoms with van der Waals surface area (Å²) in [6.07, 6.45) is 9.09. The van der Waals surface area contributed by atoms with Crippen molar-refractivity contribution in [3.05, 3.63) is 11.8 Å². The van der Waals surface area contributed by atoms with Gasteiger partial charge in [-0.25, -0.2) is 0 Å². The molecule has 1 aromatic heterocycles. The summed E-state index contributed by atoms with van der Waals surface area (Å²) < 4.78 is 5.79. The van der Waals surface area contributed by atoms with Gasteiger partial charge in [0.1, 0.15) is 0 Å². The van der Waals surface area contributed by atoms with Crippen LogP contribution in [0.5, 0.6) is 0 Å². The molecule has 0 bridgehead atoms. The number of aromatic nitrogens is 2. The first-order valence-corrected chi connectivity index (χ1v) is 6.82. The zero-order chi connectivity index (χ0) is 12.1. The summed E-state index contributed by atoms with van der Waals surface area (Å²) in [5, 5.41) is 11.5. The molecule has 0 aliphatic heterocycles. The van der Waals surface area contributed by atoms with E-state index in [9.17, 15) is 0 Å². The number of nitrogens with one attached hydrogen (secondary N) is 1. The molecule has 2 rings (SSSR count). The van der Waals surface area contributed by atoms with E-state index in [2.05, 4.69) is 15.5 Å². The van der Waals surface area contributed by atoms with E-state index in [0.717, 1.165) is 5.89 Å². The number of hydrogen-bond acceptors (Lipinski definition) is 4. The van der Waals surface area contributed by atoms with E-state index in [0.29, 0.717) is 11.8 Å². The molecule has 1 aliphatic carbocycles. The van der Waals surface area contributed by atoms with Gasteiger partial charge >= 0.3 is 0 Å². The lowest BCUT2D eigenvalue weighted by Crippen LogP contribution is -2.12. The number of nitrogens with zero attached hydrogens (tertiary/aromatic N) is 2. The van der Waals surface area contributed by atoms with Crippen LogP contribution in [0.25, 0.3) is 0 Å². The van der Waals surface area contributed by atoms with Crippen LogP contribution in [-0.2, 0) is 0 Å². The molecule has 4 heteroatoms. The van der Waals surface area contributed by atoms with Crippen molar-refractivity contribution in [1.82, 2.24) is 15.5 Å². The maximum absolute atomic E-state index is 5.79. The molecule has 0 spiro atoms. The zero-order valence-electron chi connectivity index (χ0n) is 10.9. The van der Waals surface area contributed by atoms with Gasteiger partial charge in [0.15, 0.2) is 0 Å². The molecular formula is C13H23N3O. The van der Waals surface area contributed by atoms with Gasteiger partial charge < -0.3 is 9.73 Å². The molecule has 0 amide bonds. The predicted octanol–water partition coefficient (Wildman–Crippen LogP) is 3.18. The van der Waals surface area contributed by atoms with Gasteiger partial charge in [0, 0.05) is 5.92 Å². The molecule has 1 saturated carbocycles. The maximum Gasteiger partial charge on any atom is 0.233 e. The molecule has 1 heterocycles. The molecule has 1 N–H and O–H groups in total. The van der Waals surface area contributed by atoms with Crippen LogP contribution < -0.4 is 5.32 Å². The molecule has 0 saturated heterocycles. The standard InChI is InChI=1S/C13H23N3O/c1-10(14-2)12-15-16-13(17-12)11-8-6-4-3-5-7-9-11/h10-11,14H,3-9H2,1-2H3.